The molecule has 338 valence electrons. The van der Waals surface area contributed by atoms with Gasteiger partial charge in [0.25, 0.3) is 6.71 Å². The first kappa shape index (κ1) is 40.9. The number of hydrogen-bond acceptors (Lipinski definition) is 3. The predicted octanol–water partition coefficient (Wildman–Crippen LogP) is 16.0. The smallest absolute Gasteiger partial charge is 0.252 e. The van der Waals surface area contributed by atoms with Crippen LogP contribution in [-0.4, -0.2) is 11.3 Å². The van der Waals surface area contributed by atoms with Gasteiger partial charge >= 0.3 is 0 Å². The van der Waals surface area contributed by atoms with Crippen molar-refractivity contribution in [2.45, 2.75) is 19.6 Å². The van der Waals surface area contributed by atoms with Gasteiger partial charge in [0.2, 0.25) is 0 Å². The molecular formula is C66H45BN4S. The second-order valence-electron chi connectivity index (χ2n) is 18.9. The van der Waals surface area contributed by atoms with Crippen molar-refractivity contribution in [2.75, 3.05) is 14.7 Å². The van der Waals surface area contributed by atoms with Gasteiger partial charge in [-0.3, -0.25) is 0 Å². The highest BCUT2D eigenvalue weighted by Gasteiger charge is 2.46. The fourth-order valence-corrected chi connectivity index (χ4v) is 16.5. The standard InChI is InChI=1S/C66H45BN4S/c1-5-22-46(23-6-1)68-60-36-21-37-61-66(60)67(54-42-40-48(44-62(54)68)70-56-32-15-13-30-52(56)53-31-14-16-33-57(53)70)55-43-41-49(45-63(55)69(61)47-24-7-2-8-25-47)71-58-34-17-19-38-64(58)72(50-26-9-3-10-27-50,51-28-11-4-12-29-51)65-39-20-18-35-59(65)71/h1-45H. The lowest BCUT2D eigenvalue weighted by atomic mass is 9.33. The van der Waals surface area contributed by atoms with Crippen LogP contribution < -0.4 is 31.1 Å². The number of aromatic nitrogens is 1. The van der Waals surface area contributed by atoms with Crippen LogP contribution in [0.5, 0.6) is 0 Å². The zero-order valence-corrected chi connectivity index (χ0v) is 40.1. The molecule has 0 saturated heterocycles. The molecule has 0 saturated carbocycles. The van der Waals surface area contributed by atoms with E-state index in [4.69, 9.17) is 0 Å². The summed E-state index contributed by atoms with van der Waals surface area (Å²) in [6.07, 6.45) is 0. The Hall–Kier alpha value is -8.97. The van der Waals surface area contributed by atoms with Crippen molar-refractivity contribution in [1.82, 2.24) is 4.57 Å². The highest BCUT2D eigenvalue weighted by Crippen LogP contribution is 2.79. The summed E-state index contributed by atoms with van der Waals surface area (Å²) in [5, 5.41) is 2.51. The average molecular weight is 937 g/mol. The van der Waals surface area contributed by atoms with Crippen LogP contribution in [0.3, 0.4) is 0 Å². The summed E-state index contributed by atoms with van der Waals surface area (Å²) in [5.41, 5.74) is 17.9. The van der Waals surface area contributed by atoms with Crippen molar-refractivity contribution in [3.8, 4) is 5.69 Å². The summed E-state index contributed by atoms with van der Waals surface area (Å²) < 4.78 is 2.44. The Kier molecular flexibility index (Phi) is 9.11. The minimum Gasteiger partial charge on any atom is -0.311 e. The van der Waals surface area contributed by atoms with E-state index in [0.29, 0.717) is 0 Å². The third-order valence-electron chi connectivity index (χ3n) is 15.2. The van der Waals surface area contributed by atoms with E-state index in [1.807, 2.05) is 0 Å². The molecular weight excluding hydrogens is 892 g/mol. The molecule has 0 bridgehead atoms. The lowest BCUT2D eigenvalue weighted by Gasteiger charge is -2.50. The Morgan fingerprint density at radius 2 is 0.667 bits per heavy atom. The molecule has 4 nitrogen and oxygen atoms in total. The molecule has 0 radical (unpaired) electrons. The lowest BCUT2D eigenvalue weighted by Crippen LogP contribution is -2.61. The second kappa shape index (κ2) is 16.0. The summed E-state index contributed by atoms with van der Waals surface area (Å²) in [6.45, 7) is -0.0449. The zero-order chi connectivity index (χ0) is 47.3. The van der Waals surface area contributed by atoms with Crippen molar-refractivity contribution < 1.29 is 0 Å². The molecule has 3 aliphatic rings. The van der Waals surface area contributed by atoms with Crippen LogP contribution in [0.15, 0.2) is 293 Å². The van der Waals surface area contributed by atoms with Gasteiger partial charge in [0.1, 0.15) is 0 Å². The maximum absolute atomic E-state index is 2.53. The molecule has 0 fully saturated rings. The normalized spacial score (nSPS) is 14.3. The van der Waals surface area contributed by atoms with E-state index < -0.39 is 10.0 Å². The monoisotopic (exact) mass is 936 g/mol. The lowest BCUT2D eigenvalue weighted by molar-refractivity contribution is 1.12. The fraction of sp³-hybridized carbons (Fsp3) is 0. The van der Waals surface area contributed by atoms with Gasteiger partial charge < -0.3 is 19.3 Å². The van der Waals surface area contributed by atoms with Gasteiger partial charge in [0, 0.05) is 75.9 Å². The molecule has 4 heterocycles. The van der Waals surface area contributed by atoms with Crippen LogP contribution in [0.25, 0.3) is 27.5 Å². The Morgan fingerprint density at radius 1 is 0.278 bits per heavy atom. The van der Waals surface area contributed by atoms with Crippen LogP contribution in [-0.2, 0) is 0 Å². The van der Waals surface area contributed by atoms with E-state index in [2.05, 4.69) is 292 Å². The van der Waals surface area contributed by atoms with Crippen molar-refractivity contribution >= 4 is 106 Å². The largest absolute Gasteiger partial charge is 0.311 e. The third-order valence-corrected chi connectivity index (χ3v) is 19.1. The van der Waals surface area contributed by atoms with Crippen LogP contribution in [0.1, 0.15) is 0 Å². The topological polar surface area (TPSA) is 14.7 Å². The number of fused-ring (bicyclic) bond motifs is 9. The fourth-order valence-electron chi connectivity index (χ4n) is 12.3. The zero-order valence-electron chi connectivity index (χ0n) is 39.3. The number of benzene rings is 11. The van der Waals surface area contributed by atoms with Crippen LogP contribution >= 0.6 is 10.0 Å². The van der Waals surface area contributed by atoms with E-state index in [1.54, 1.807) is 0 Å². The molecule has 0 atom stereocenters. The third kappa shape index (κ3) is 5.78. The van der Waals surface area contributed by atoms with Crippen molar-refractivity contribution in [3.05, 3.63) is 273 Å². The van der Waals surface area contributed by atoms with Crippen molar-refractivity contribution in [1.29, 1.82) is 0 Å². The molecule has 11 aromatic carbocycles. The number of anilines is 9. The molecule has 0 N–H and O–H groups in total. The second-order valence-corrected chi connectivity index (χ2v) is 21.9. The van der Waals surface area contributed by atoms with E-state index in [1.165, 1.54) is 91.9 Å². The van der Waals surface area contributed by atoms with E-state index >= 15 is 0 Å². The average Bonchev–Trinajstić information content (AvgIpc) is 3.80. The van der Waals surface area contributed by atoms with Crippen molar-refractivity contribution in [2.24, 2.45) is 0 Å². The molecule has 12 aromatic rings. The van der Waals surface area contributed by atoms with Gasteiger partial charge in [-0.05, 0) is 138 Å². The molecule has 3 aliphatic heterocycles. The van der Waals surface area contributed by atoms with Crippen molar-refractivity contribution in [3.63, 3.8) is 0 Å². The Bertz CT molecular complexity index is 3940. The molecule has 0 unspecified atom stereocenters. The highest BCUT2D eigenvalue weighted by atomic mass is 32.3. The van der Waals surface area contributed by atoms with E-state index in [9.17, 15) is 0 Å². The van der Waals surface area contributed by atoms with Crippen LogP contribution in [0, 0.1) is 0 Å². The van der Waals surface area contributed by atoms with Gasteiger partial charge in [-0.25, -0.2) is 0 Å². The Labute approximate surface area is 421 Å². The summed E-state index contributed by atoms with van der Waals surface area (Å²) in [4.78, 5) is 12.8. The van der Waals surface area contributed by atoms with E-state index in [0.717, 1.165) is 22.7 Å². The minimum atomic E-state index is -1.90. The quantitative estimate of drug-likeness (QED) is 0.154. The molecule has 6 heteroatoms. The summed E-state index contributed by atoms with van der Waals surface area (Å²) in [6, 6.07) is 102. The first-order valence-electron chi connectivity index (χ1n) is 24.8. The van der Waals surface area contributed by atoms with E-state index in [-0.39, 0.29) is 6.71 Å². The summed E-state index contributed by atoms with van der Waals surface area (Å²) in [7, 11) is -1.90. The number of para-hydroxylation sites is 6. The molecule has 0 amide bonds. The van der Waals surface area contributed by atoms with Gasteiger partial charge in [0.05, 0.1) is 22.4 Å². The molecule has 15 rings (SSSR count). The predicted molar refractivity (Wildman–Crippen MR) is 303 cm³/mol. The summed E-state index contributed by atoms with van der Waals surface area (Å²) in [5.74, 6) is 0. The number of nitrogens with zero attached hydrogens (tertiary/aromatic N) is 4. The first-order chi connectivity index (χ1) is 35.8. The van der Waals surface area contributed by atoms with Gasteiger partial charge in [0.15, 0.2) is 0 Å². The van der Waals surface area contributed by atoms with Crippen LogP contribution in [0.2, 0.25) is 0 Å². The highest BCUT2D eigenvalue weighted by molar-refractivity contribution is 8.34. The SMILES string of the molecule is c1ccc(N2c3cc(N4c5ccccc5S(c5ccccc5)(c5ccccc5)c5ccccc54)ccc3B3c4ccc(-n5c6ccccc6c6ccccc65)cc4N(c4ccccc4)c4cccc2c43)cc1. The van der Waals surface area contributed by atoms with Gasteiger partial charge in [-0.2, -0.15) is 0 Å². The number of hydrogen-bond donors (Lipinski definition) is 0. The maximum Gasteiger partial charge on any atom is 0.252 e. The molecule has 1 aromatic heterocycles. The first-order valence-corrected chi connectivity index (χ1v) is 26.4. The molecule has 0 spiro atoms. The number of rotatable bonds is 6. The summed E-state index contributed by atoms with van der Waals surface area (Å²) >= 11 is 0. The van der Waals surface area contributed by atoms with Crippen LogP contribution in [0.4, 0.5) is 51.2 Å². The van der Waals surface area contributed by atoms with Gasteiger partial charge in [-0.15, -0.1) is 10.0 Å². The minimum absolute atomic E-state index is 0.0449. The molecule has 72 heavy (non-hydrogen) atoms. The Morgan fingerprint density at radius 3 is 1.18 bits per heavy atom. The Balaban J connectivity index is 0.978. The van der Waals surface area contributed by atoms with Gasteiger partial charge in [-0.1, -0.05) is 152 Å². The maximum atomic E-state index is 2.53. The molecule has 0 aliphatic carbocycles.